The van der Waals surface area contributed by atoms with Gasteiger partial charge < -0.3 is 20.1 Å². The number of ketones is 2. The normalized spacial score (nSPS) is 12.8. The first-order chi connectivity index (χ1) is 10.2. The molecule has 0 saturated carbocycles. The Hall–Kier alpha value is -1.66. The Morgan fingerprint density at radius 1 is 0.818 bits per heavy atom. The zero-order chi connectivity index (χ0) is 17.2. The third kappa shape index (κ3) is 7.38. The lowest BCUT2D eigenvalue weighted by molar-refractivity contribution is -0.132. The van der Waals surface area contributed by atoms with E-state index >= 15 is 0 Å². The Bertz CT molecular complexity index is 386. The molecule has 0 radical (unpaired) electrons. The molecule has 0 aromatic rings. The van der Waals surface area contributed by atoms with Crippen molar-refractivity contribution in [3.8, 4) is 0 Å². The number of carbonyl (C=O) groups is 2. The summed E-state index contributed by atoms with van der Waals surface area (Å²) in [4.78, 5) is 23.4. The van der Waals surface area contributed by atoms with Gasteiger partial charge in [0.2, 0.25) is 0 Å². The first-order valence-electron chi connectivity index (χ1n) is 7.16. The maximum absolute atomic E-state index is 11.7. The van der Waals surface area contributed by atoms with Crippen LogP contribution in [0.25, 0.3) is 0 Å². The highest BCUT2D eigenvalue weighted by atomic mass is 16.5. The van der Waals surface area contributed by atoms with Crippen molar-refractivity contribution in [3.05, 3.63) is 24.6 Å². The molecule has 0 rings (SSSR count). The first kappa shape index (κ1) is 20.3. The molecular weight excluding hydrogens is 284 g/mol. The van der Waals surface area contributed by atoms with Crippen LogP contribution in [0.15, 0.2) is 24.6 Å². The second-order valence-electron chi connectivity index (χ2n) is 5.73. The number of carbonyl (C=O) groups excluding carboxylic acids is 2. The summed E-state index contributed by atoms with van der Waals surface area (Å²) in [6, 6.07) is 0. The van der Waals surface area contributed by atoms with Gasteiger partial charge in [0.25, 0.3) is 0 Å². The molecule has 0 bridgehead atoms. The van der Waals surface area contributed by atoms with Gasteiger partial charge in [-0.2, -0.15) is 0 Å². The summed E-state index contributed by atoms with van der Waals surface area (Å²) in [5, 5.41) is 5.96. The van der Waals surface area contributed by atoms with E-state index in [9.17, 15) is 9.59 Å². The number of methoxy groups -OCH3 is 2. The molecule has 0 atom stereocenters. The lowest BCUT2D eigenvalue weighted by atomic mass is 10.0. The average Bonchev–Trinajstić information content (AvgIpc) is 2.49. The summed E-state index contributed by atoms with van der Waals surface area (Å²) >= 11 is 0. The number of hydrogen-bond donors (Lipinski definition) is 2. The molecule has 22 heavy (non-hydrogen) atoms. The second kappa shape index (κ2) is 9.38. The van der Waals surface area contributed by atoms with Crippen molar-refractivity contribution < 1.29 is 19.1 Å². The highest BCUT2D eigenvalue weighted by Gasteiger charge is 2.24. The number of hydrogen-bond acceptors (Lipinski definition) is 6. The second-order valence-corrected chi connectivity index (χ2v) is 5.73. The van der Waals surface area contributed by atoms with Gasteiger partial charge in [-0.1, -0.05) is 0 Å². The van der Waals surface area contributed by atoms with Crippen LogP contribution in [0.4, 0.5) is 0 Å². The van der Waals surface area contributed by atoms with Crippen molar-refractivity contribution in [3.63, 3.8) is 0 Å². The van der Waals surface area contributed by atoms with Gasteiger partial charge in [0, 0.05) is 39.7 Å². The Kier molecular flexibility index (Phi) is 8.67. The minimum atomic E-state index is -0.812. The zero-order valence-corrected chi connectivity index (χ0v) is 14.4. The summed E-state index contributed by atoms with van der Waals surface area (Å²) in [7, 11) is 3.00. The molecule has 0 aromatic heterocycles. The molecule has 0 aliphatic rings. The maximum Gasteiger partial charge on any atom is 0.188 e. The number of ether oxygens (including phenoxy) is 2. The van der Waals surface area contributed by atoms with Crippen LogP contribution in [-0.2, 0) is 19.1 Å². The summed E-state index contributed by atoms with van der Waals surface area (Å²) in [6.07, 6.45) is 6.08. The Morgan fingerprint density at radius 3 is 1.41 bits per heavy atom. The summed E-state index contributed by atoms with van der Waals surface area (Å²) in [5.41, 5.74) is -1.62. The van der Waals surface area contributed by atoms with Crippen molar-refractivity contribution in [2.45, 2.75) is 38.9 Å². The van der Waals surface area contributed by atoms with Gasteiger partial charge in [0.1, 0.15) is 11.2 Å². The van der Waals surface area contributed by atoms with E-state index in [1.807, 2.05) is 0 Å². The fourth-order valence-corrected chi connectivity index (χ4v) is 1.18. The molecular formula is C16H28N2O4. The SMILES string of the molecule is COC(C)(C)C(=O)/C=C\NCCN/C=C\C(=O)C(C)(C)OC. The van der Waals surface area contributed by atoms with Gasteiger partial charge in [-0.15, -0.1) is 0 Å². The predicted molar refractivity (Wildman–Crippen MR) is 86.5 cm³/mol. The maximum atomic E-state index is 11.7. The van der Waals surface area contributed by atoms with Crippen LogP contribution in [0.5, 0.6) is 0 Å². The van der Waals surface area contributed by atoms with Crippen LogP contribution in [0.2, 0.25) is 0 Å². The highest BCUT2D eigenvalue weighted by molar-refractivity contribution is 5.96. The van der Waals surface area contributed by atoms with Crippen molar-refractivity contribution >= 4 is 11.6 Å². The molecule has 0 heterocycles. The Labute approximate surface area is 132 Å². The largest absolute Gasteiger partial charge is 0.389 e. The summed E-state index contributed by atoms with van der Waals surface area (Å²) in [6.45, 7) is 8.08. The number of nitrogens with one attached hydrogen (secondary N) is 2. The van der Waals surface area contributed by atoms with E-state index in [1.54, 1.807) is 40.1 Å². The molecule has 0 spiro atoms. The van der Waals surface area contributed by atoms with E-state index in [-0.39, 0.29) is 11.6 Å². The third-order valence-corrected chi connectivity index (χ3v) is 3.33. The van der Waals surface area contributed by atoms with Crippen molar-refractivity contribution in [1.82, 2.24) is 10.6 Å². The van der Waals surface area contributed by atoms with E-state index in [4.69, 9.17) is 9.47 Å². The van der Waals surface area contributed by atoms with Crippen LogP contribution in [0, 0.1) is 0 Å². The molecule has 2 N–H and O–H groups in total. The van der Waals surface area contributed by atoms with Gasteiger partial charge in [-0.05, 0) is 39.8 Å². The molecule has 0 unspecified atom stereocenters. The summed E-state index contributed by atoms with van der Waals surface area (Å²) < 4.78 is 10.2. The molecule has 0 aliphatic carbocycles. The molecule has 0 amide bonds. The van der Waals surface area contributed by atoms with Crippen LogP contribution < -0.4 is 10.6 Å². The van der Waals surface area contributed by atoms with Gasteiger partial charge in [-0.25, -0.2) is 0 Å². The molecule has 0 aliphatic heterocycles. The quantitative estimate of drug-likeness (QED) is 0.441. The minimum Gasteiger partial charge on any atom is -0.389 e. The lowest BCUT2D eigenvalue weighted by Gasteiger charge is -2.18. The van der Waals surface area contributed by atoms with Crippen LogP contribution in [0.3, 0.4) is 0 Å². The molecule has 6 heteroatoms. The fraction of sp³-hybridized carbons (Fsp3) is 0.625. The monoisotopic (exact) mass is 312 g/mol. The Balaban J connectivity index is 3.92. The Morgan fingerprint density at radius 2 is 1.14 bits per heavy atom. The van der Waals surface area contributed by atoms with E-state index < -0.39 is 11.2 Å². The number of rotatable bonds is 11. The smallest absolute Gasteiger partial charge is 0.188 e. The molecule has 0 saturated heterocycles. The highest BCUT2D eigenvalue weighted by Crippen LogP contribution is 2.09. The van der Waals surface area contributed by atoms with Crippen molar-refractivity contribution in [2.24, 2.45) is 0 Å². The third-order valence-electron chi connectivity index (χ3n) is 3.33. The van der Waals surface area contributed by atoms with Crippen molar-refractivity contribution in [2.75, 3.05) is 27.3 Å². The minimum absolute atomic E-state index is 0.109. The van der Waals surface area contributed by atoms with E-state index in [0.717, 1.165) is 0 Å². The molecule has 0 aromatic carbocycles. The lowest BCUT2D eigenvalue weighted by Crippen LogP contribution is -2.33. The van der Waals surface area contributed by atoms with Gasteiger partial charge in [-0.3, -0.25) is 9.59 Å². The van der Waals surface area contributed by atoms with Crippen LogP contribution >= 0.6 is 0 Å². The van der Waals surface area contributed by atoms with Crippen LogP contribution in [-0.4, -0.2) is 50.1 Å². The molecule has 6 nitrogen and oxygen atoms in total. The van der Waals surface area contributed by atoms with Gasteiger partial charge in [0.15, 0.2) is 11.6 Å². The average molecular weight is 312 g/mol. The van der Waals surface area contributed by atoms with E-state index in [2.05, 4.69) is 10.6 Å². The molecule has 126 valence electrons. The van der Waals surface area contributed by atoms with E-state index in [0.29, 0.717) is 13.1 Å². The van der Waals surface area contributed by atoms with Crippen molar-refractivity contribution in [1.29, 1.82) is 0 Å². The first-order valence-corrected chi connectivity index (χ1v) is 7.16. The predicted octanol–water partition coefficient (Wildman–Crippen LogP) is 1.18. The van der Waals surface area contributed by atoms with Gasteiger partial charge in [0.05, 0.1) is 0 Å². The zero-order valence-electron chi connectivity index (χ0n) is 14.4. The topological polar surface area (TPSA) is 76.7 Å². The summed E-state index contributed by atoms with van der Waals surface area (Å²) in [5.74, 6) is -0.217. The van der Waals surface area contributed by atoms with Crippen LogP contribution in [0.1, 0.15) is 27.7 Å². The standard InChI is InChI=1S/C16H28N2O4/c1-15(2,21-5)13(19)7-9-17-11-12-18-10-8-14(20)16(3,4)22-6/h7-10,17-18H,11-12H2,1-6H3/b9-7-,10-8-. The molecule has 0 fully saturated rings. The fourth-order valence-electron chi connectivity index (χ4n) is 1.18. The van der Waals surface area contributed by atoms with E-state index in [1.165, 1.54) is 26.4 Å². The van der Waals surface area contributed by atoms with Gasteiger partial charge >= 0.3 is 0 Å².